The van der Waals surface area contributed by atoms with Gasteiger partial charge in [0.25, 0.3) is 0 Å². The molecule has 0 spiro atoms. The molecular formula is C12H12FN3. The van der Waals surface area contributed by atoms with E-state index in [0.29, 0.717) is 6.54 Å². The van der Waals surface area contributed by atoms with Crippen molar-refractivity contribution < 1.29 is 4.39 Å². The molecule has 1 aromatic carbocycles. The van der Waals surface area contributed by atoms with Crippen LogP contribution in [-0.2, 0) is 6.42 Å². The lowest BCUT2D eigenvalue weighted by atomic mass is 10.1. The summed E-state index contributed by atoms with van der Waals surface area (Å²) in [7, 11) is 0. The van der Waals surface area contributed by atoms with Crippen LogP contribution in [0.1, 0.15) is 5.56 Å². The first-order valence-electron chi connectivity index (χ1n) is 5.10. The molecule has 0 aliphatic rings. The molecule has 0 aliphatic carbocycles. The standard InChI is InChI=1S/C12H12FN3/c13-11-4-1-3-10(9-11)6-8-14-12-5-2-7-15-16-12/h1-5,7,9H,6,8H2,(H,14,16). The van der Waals surface area contributed by atoms with E-state index in [-0.39, 0.29) is 5.82 Å². The van der Waals surface area contributed by atoms with Crippen LogP contribution in [0.3, 0.4) is 0 Å². The van der Waals surface area contributed by atoms with E-state index in [0.717, 1.165) is 17.8 Å². The van der Waals surface area contributed by atoms with Crippen LogP contribution in [0.25, 0.3) is 0 Å². The molecule has 82 valence electrons. The Morgan fingerprint density at radius 1 is 1.19 bits per heavy atom. The third-order valence-electron chi connectivity index (χ3n) is 2.18. The van der Waals surface area contributed by atoms with Crippen molar-refractivity contribution in [2.24, 2.45) is 0 Å². The van der Waals surface area contributed by atoms with Gasteiger partial charge in [0.05, 0.1) is 0 Å². The number of nitrogens with one attached hydrogen (secondary N) is 1. The summed E-state index contributed by atoms with van der Waals surface area (Å²) in [6.07, 6.45) is 2.38. The summed E-state index contributed by atoms with van der Waals surface area (Å²) >= 11 is 0. The van der Waals surface area contributed by atoms with E-state index in [9.17, 15) is 4.39 Å². The fourth-order valence-electron chi connectivity index (χ4n) is 1.42. The lowest BCUT2D eigenvalue weighted by Gasteiger charge is -2.04. The van der Waals surface area contributed by atoms with Gasteiger partial charge in [-0.15, -0.1) is 5.10 Å². The Morgan fingerprint density at radius 2 is 2.12 bits per heavy atom. The highest BCUT2D eigenvalue weighted by atomic mass is 19.1. The molecule has 16 heavy (non-hydrogen) atoms. The van der Waals surface area contributed by atoms with E-state index in [1.807, 2.05) is 18.2 Å². The van der Waals surface area contributed by atoms with Gasteiger partial charge in [-0.2, -0.15) is 5.10 Å². The zero-order valence-electron chi connectivity index (χ0n) is 8.73. The second-order valence-corrected chi connectivity index (χ2v) is 3.42. The SMILES string of the molecule is Fc1cccc(CCNc2cccnn2)c1. The fourth-order valence-corrected chi connectivity index (χ4v) is 1.42. The minimum Gasteiger partial charge on any atom is -0.368 e. The van der Waals surface area contributed by atoms with Crippen LogP contribution in [0, 0.1) is 5.82 Å². The topological polar surface area (TPSA) is 37.8 Å². The number of benzene rings is 1. The normalized spacial score (nSPS) is 10.1. The van der Waals surface area contributed by atoms with Gasteiger partial charge in [-0.1, -0.05) is 12.1 Å². The van der Waals surface area contributed by atoms with Gasteiger partial charge in [-0.25, -0.2) is 4.39 Å². The Balaban J connectivity index is 1.85. The number of nitrogens with zero attached hydrogens (tertiary/aromatic N) is 2. The molecule has 0 amide bonds. The van der Waals surface area contributed by atoms with Gasteiger partial charge < -0.3 is 5.32 Å². The number of hydrogen-bond donors (Lipinski definition) is 1. The minimum absolute atomic E-state index is 0.197. The van der Waals surface area contributed by atoms with E-state index in [4.69, 9.17) is 0 Å². The van der Waals surface area contributed by atoms with E-state index >= 15 is 0 Å². The second kappa shape index (κ2) is 5.21. The highest BCUT2D eigenvalue weighted by molar-refractivity contribution is 5.31. The van der Waals surface area contributed by atoms with E-state index in [2.05, 4.69) is 15.5 Å². The first-order valence-corrected chi connectivity index (χ1v) is 5.10. The predicted octanol–water partition coefficient (Wildman–Crippen LogP) is 2.27. The van der Waals surface area contributed by atoms with Crippen molar-refractivity contribution in [3.8, 4) is 0 Å². The number of anilines is 1. The Labute approximate surface area is 93.3 Å². The Morgan fingerprint density at radius 3 is 2.88 bits per heavy atom. The van der Waals surface area contributed by atoms with Gasteiger partial charge in [-0.05, 0) is 36.2 Å². The van der Waals surface area contributed by atoms with Crippen LogP contribution >= 0.6 is 0 Å². The average Bonchev–Trinajstić information content (AvgIpc) is 2.30. The van der Waals surface area contributed by atoms with Gasteiger partial charge in [-0.3, -0.25) is 0 Å². The Hall–Kier alpha value is -1.97. The van der Waals surface area contributed by atoms with Crippen LogP contribution in [0.15, 0.2) is 42.6 Å². The average molecular weight is 217 g/mol. The first-order chi connectivity index (χ1) is 7.84. The molecule has 2 rings (SSSR count). The van der Waals surface area contributed by atoms with Crippen molar-refractivity contribution in [2.75, 3.05) is 11.9 Å². The van der Waals surface area contributed by atoms with E-state index < -0.39 is 0 Å². The molecule has 1 heterocycles. The maximum absolute atomic E-state index is 12.9. The van der Waals surface area contributed by atoms with Gasteiger partial charge in [0, 0.05) is 12.7 Å². The molecule has 0 atom stereocenters. The fraction of sp³-hybridized carbons (Fsp3) is 0.167. The molecule has 1 N–H and O–H groups in total. The molecule has 2 aromatic rings. The molecular weight excluding hydrogens is 205 g/mol. The van der Waals surface area contributed by atoms with Crippen molar-refractivity contribution in [3.63, 3.8) is 0 Å². The summed E-state index contributed by atoms with van der Waals surface area (Å²) in [6, 6.07) is 10.3. The predicted molar refractivity (Wildman–Crippen MR) is 60.6 cm³/mol. The summed E-state index contributed by atoms with van der Waals surface area (Å²) in [6.45, 7) is 0.710. The summed E-state index contributed by atoms with van der Waals surface area (Å²) in [5, 5.41) is 10.8. The van der Waals surface area contributed by atoms with Crippen LogP contribution in [-0.4, -0.2) is 16.7 Å². The summed E-state index contributed by atoms with van der Waals surface area (Å²) in [5.74, 6) is 0.538. The van der Waals surface area contributed by atoms with Crippen molar-refractivity contribution in [2.45, 2.75) is 6.42 Å². The van der Waals surface area contributed by atoms with Crippen molar-refractivity contribution in [3.05, 3.63) is 54.0 Å². The number of halogens is 1. The molecule has 0 radical (unpaired) electrons. The van der Waals surface area contributed by atoms with Crippen LogP contribution in [0.5, 0.6) is 0 Å². The first kappa shape index (κ1) is 10.5. The van der Waals surface area contributed by atoms with E-state index in [1.165, 1.54) is 6.07 Å². The third-order valence-corrected chi connectivity index (χ3v) is 2.18. The van der Waals surface area contributed by atoms with Crippen LogP contribution < -0.4 is 5.32 Å². The van der Waals surface area contributed by atoms with Crippen LogP contribution in [0.2, 0.25) is 0 Å². The summed E-state index contributed by atoms with van der Waals surface area (Å²) in [4.78, 5) is 0. The molecule has 0 aliphatic heterocycles. The highest BCUT2D eigenvalue weighted by Gasteiger charge is 1.96. The van der Waals surface area contributed by atoms with Gasteiger partial charge >= 0.3 is 0 Å². The molecule has 0 unspecified atom stereocenters. The monoisotopic (exact) mass is 217 g/mol. The number of hydrogen-bond acceptors (Lipinski definition) is 3. The second-order valence-electron chi connectivity index (χ2n) is 3.42. The largest absolute Gasteiger partial charge is 0.368 e. The van der Waals surface area contributed by atoms with Crippen LogP contribution in [0.4, 0.5) is 10.2 Å². The molecule has 1 aromatic heterocycles. The minimum atomic E-state index is -0.197. The zero-order chi connectivity index (χ0) is 11.2. The van der Waals surface area contributed by atoms with Gasteiger partial charge in [0.15, 0.2) is 0 Å². The lowest BCUT2D eigenvalue weighted by molar-refractivity contribution is 0.625. The number of rotatable bonds is 4. The Kier molecular flexibility index (Phi) is 3.43. The molecule has 0 bridgehead atoms. The summed E-state index contributed by atoms with van der Waals surface area (Å²) < 4.78 is 12.9. The number of aromatic nitrogens is 2. The smallest absolute Gasteiger partial charge is 0.148 e. The van der Waals surface area contributed by atoms with Crippen molar-refractivity contribution >= 4 is 5.82 Å². The quantitative estimate of drug-likeness (QED) is 0.853. The van der Waals surface area contributed by atoms with Gasteiger partial charge in [0.2, 0.25) is 0 Å². The van der Waals surface area contributed by atoms with E-state index in [1.54, 1.807) is 18.3 Å². The van der Waals surface area contributed by atoms with Crippen molar-refractivity contribution in [1.82, 2.24) is 10.2 Å². The van der Waals surface area contributed by atoms with Gasteiger partial charge in [0.1, 0.15) is 11.6 Å². The Bertz CT molecular complexity index is 445. The highest BCUT2D eigenvalue weighted by Crippen LogP contribution is 2.05. The molecule has 4 heteroatoms. The zero-order valence-corrected chi connectivity index (χ0v) is 8.73. The molecule has 3 nitrogen and oxygen atoms in total. The summed E-state index contributed by atoms with van der Waals surface area (Å²) in [5.41, 5.74) is 0.969. The molecule has 0 fully saturated rings. The molecule has 0 saturated carbocycles. The maximum Gasteiger partial charge on any atom is 0.148 e. The lowest BCUT2D eigenvalue weighted by Crippen LogP contribution is -2.06. The third kappa shape index (κ3) is 3.02. The molecule has 0 saturated heterocycles. The van der Waals surface area contributed by atoms with Crippen molar-refractivity contribution in [1.29, 1.82) is 0 Å². The maximum atomic E-state index is 12.9.